The van der Waals surface area contributed by atoms with Crippen molar-refractivity contribution in [1.29, 1.82) is 0 Å². The Hall–Kier alpha value is -1.25. The summed E-state index contributed by atoms with van der Waals surface area (Å²) in [4.78, 5) is 2.60. The molecule has 0 aromatic heterocycles. The number of hydrogen-bond donors (Lipinski definition) is 0. The van der Waals surface area contributed by atoms with Crippen LogP contribution < -0.4 is 0 Å². The van der Waals surface area contributed by atoms with Crippen LogP contribution in [-0.4, -0.2) is 30.3 Å². The summed E-state index contributed by atoms with van der Waals surface area (Å²) in [6.45, 7) is 3.81. The van der Waals surface area contributed by atoms with Crippen LogP contribution in [0.4, 0.5) is 0 Å². The molecule has 1 heterocycles. The van der Waals surface area contributed by atoms with Crippen LogP contribution in [0.25, 0.3) is 0 Å². The van der Waals surface area contributed by atoms with Gasteiger partial charge in [-0.05, 0) is 37.1 Å². The van der Waals surface area contributed by atoms with E-state index in [1.54, 1.807) is 0 Å². The molecule has 0 saturated carbocycles. The Kier molecular flexibility index (Phi) is 5.36. The first-order valence-electron chi connectivity index (χ1n) is 7.87. The molecular weight excluding hydrogens is 274 g/mol. The predicted octanol–water partition coefficient (Wildman–Crippen LogP) is 4.61. The van der Waals surface area contributed by atoms with Crippen molar-refractivity contribution in [3.8, 4) is 0 Å². The highest BCUT2D eigenvalue weighted by molar-refractivity contribution is 7.99. The molecule has 0 bridgehead atoms. The SMILES string of the molecule is c1ccc(C(SCCN2CCCC2)c2ccccc2)cc1. The van der Waals surface area contributed by atoms with Crippen molar-refractivity contribution in [1.82, 2.24) is 4.90 Å². The number of thioether (sulfide) groups is 1. The number of benzene rings is 2. The van der Waals surface area contributed by atoms with Crippen molar-refractivity contribution >= 4 is 11.8 Å². The molecule has 2 aromatic carbocycles. The lowest BCUT2D eigenvalue weighted by molar-refractivity contribution is 0.362. The second-order valence-corrected chi connectivity index (χ2v) is 6.83. The summed E-state index contributed by atoms with van der Waals surface area (Å²) in [6.07, 6.45) is 2.76. The number of likely N-dealkylation sites (tertiary alicyclic amines) is 1. The van der Waals surface area contributed by atoms with Gasteiger partial charge in [-0.1, -0.05) is 60.7 Å². The fraction of sp³-hybridized carbons (Fsp3) is 0.368. The lowest BCUT2D eigenvalue weighted by Crippen LogP contribution is -2.22. The molecule has 0 radical (unpaired) electrons. The van der Waals surface area contributed by atoms with E-state index in [0.717, 1.165) is 0 Å². The molecule has 2 heteroatoms. The molecule has 1 aliphatic heterocycles. The van der Waals surface area contributed by atoms with Crippen LogP contribution in [0, 0.1) is 0 Å². The summed E-state index contributed by atoms with van der Waals surface area (Å²) in [7, 11) is 0. The summed E-state index contributed by atoms with van der Waals surface area (Å²) in [5, 5.41) is 0.454. The van der Waals surface area contributed by atoms with Gasteiger partial charge >= 0.3 is 0 Å². The fourth-order valence-corrected chi connectivity index (χ4v) is 4.24. The molecule has 0 spiro atoms. The molecule has 1 saturated heterocycles. The average molecular weight is 297 g/mol. The van der Waals surface area contributed by atoms with Gasteiger partial charge in [-0.3, -0.25) is 0 Å². The second-order valence-electron chi connectivity index (χ2n) is 5.62. The third-order valence-electron chi connectivity index (χ3n) is 4.10. The first-order valence-corrected chi connectivity index (χ1v) is 8.92. The smallest absolute Gasteiger partial charge is 0.0547 e. The van der Waals surface area contributed by atoms with Crippen LogP contribution in [0.1, 0.15) is 29.2 Å². The second kappa shape index (κ2) is 7.67. The number of hydrogen-bond acceptors (Lipinski definition) is 2. The Balaban J connectivity index is 1.67. The molecule has 2 aromatic rings. The summed E-state index contributed by atoms with van der Waals surface area (Å²) in [5.74, 6) is 1.20. The lowest BCUT2D eigenvalue weighted by Gasteiger charge is -2.20. The van der Waals surface area contributed by atoms with Crippen LogP contribution in [0.3, 0.4) is 0 Å². The Morgan fingerprint density at radius 2 is 1.33 bits per heavy atom. The highest BCUT2D eigenvalue weighted by atomic mass is 32.2. The number of rotatable bonds is 6. The van der Waals surface area contributed by atoms with Gasteiger partial charge in [-0.15, -0.1) is 11.8 Å². The van der Waals surface area contributed by atoms with E-state index >= 15 is 0 Å². The topological polar surface area (TPSA) is 3.24 Å². The zero-order valence-electron chi connectivity index (χ0n) is 12.4. The van der Waals surface area contributed by atoms with E-state index in [0.29, 0.717) is 5.25 Å². The van der Waals surface area contributed by atoms with Crippen molar-refractivity contribution in [3.05, 3.63) is 71.8 Å². The van der Waals surface area contributed by atoms with Crippen molar-refractivity contribution in [2.75, 3.05) is 25.4 Å². The van der Waals surface area contributed by atoms with Crippen LogP contribution in [0.2, 0.25) is 0 Å². The van der Waals surface area contributed by atoms with Gasteiger partial charge in [0.2, 0.25) is 0 Å². The molecule has 110 valence electrons. The Morgan fingerprint density at radius 3 is 1.86 bits per heavy atom. The largest absolute Gasteiger partial charge is 0.303 e. The summed E-state index contributed by atoms with van der Waals surface area (Å²) in [5.41, 5.74) is 2.82. The van der Waals surface area contributed by atoms with Gasteiger partial charge in [-0.2, -0.15) is 0 Å². The van der Waals surface area contributed by atoms with Crippen molar-refractivity contribution < 1.29 is 0 Å². The Labute approximate surface area is 132 Å². The van der Waals surface area contributed by atoms with Gasteiger partial charge in [0.25, 0.3) is 0 Å². The molecule has 0 amide bonds. The third kappa shape index (κ3) is 4.12. The molecule has 1 nitrogen and oxygen atoms in total. The van der Waals surface area contributed by atoms with Gasteiger partial charge in [-0.25, -0.2) is 0 Å². The zero-order valence-corrected chi connectivity index (χ0v) is 13.3. The molecule has 3 rings (SSSR count). The minimum Gasteiger partial charge on any atom is -0.303 e. The molecular formula is C19H23NS. The van der Waals surface area contributed by atoms with E-state index in [9.17, 15) is 0 Å². The van der Waals surface area contributed by atoms with E-state index in [4.69, 9.17) is 0 Å². The number of nitrogens with zero attached hydrogens (tertiary/aromatic N) is 1. The lowest BCUT2D eigenvalue weighted by atomic mass is 10.0. The highest BCUT2D eigenvalue weighted by Gasteiger charge is 2.16. The maximum Gasteiger partial charge on any atom is 0.0547 e. The van der Waals surface area contributed by atoms with Gasteiger partial charge in [0.1, 0.15) is 0 Å². The minimum absolute atomic E-state index is 0.454. The zero-order chi connectivity index (χ0) is 14.3. The van der Waals surface area contributed by atoms with Crippen LogP contribution >= 0.6 is 11.8 Å². The maximum atomic E-state index is 2.60. The molecule has 1 aliphatic rings. The average Bonchev–Trinajstić information content (AvgIpc) is 3.07. The molecule has 0 atom stereocenters. The Morgan fingerprint density at radius 1 is 0.810 bits per heavy atom. The fourth-order valence-electron chi connectivity index (χ4n) is 2.95. The quantitative estimate of drug-likeness (QED) is 0.766. The van der Waals surface area contributed by atoms with Gasteiger partial charge < -0.3 is 4.90 Å². The monoisotopic (exact) mass is 297 g/mol. The molecule has 0 N–H and O–H groups in total. The van der Waals surface area contributed by atoms with E-state index in [-0.39, 0.29) is 0 Å². The minimum atomic E-state index is 0.454. The summed E-state index contributed by atoms with van der Waals surface area (Å²) >= 11 is 2.07. The van der Waals surface area contributed by atoms with Crippen molar-refractivity contribution in [2.24, 2.45) is 0 Å². The summed E-state index contributed by atoms with van der Waals surface area (Å²) < 4.78 is 0. The first-order chi connectivity index (χ1) is 10.4. The van der Waals surface area contributed by atoms with E-state index in [1.165, 1.54) is 49.4 Å². The highest BCUT2D eigenvalue weighted by Crippen LogP contribution is 2.35. The van der Waals surface area contributed by atoms with Crippen LogP contribution in [0.15, 0.2) is 60.7 Å². The van der Waals surface area contributed by atoms with Crippen LogP contribution in [-0.2, 0) is 0 Å². The first kappa shape index (κ1) is 14.7. The normalized spacial score (nSPS) is 15.7. The Bertz CT molecular complexity index is 480. The van der Waals surface area contributed by atoms with Crippen molar-refractivity contribution in [3.63, 3.8) is 0 Å². The third-order valence-corrected chi connectivity index (χ3v) is 5.39. The maximum absolute atomic E-state index is 2.60. The molecule has 21 heavy (non-hydrogen) atoms. The van der Waals surface area contributed by atoms with E-state index < -0.39 is 0 Å². The molecule has 1 fully saturated rings. The van der Waals surface area contributed by atoms with E-state index in [2.05, 4.69) is 77.3 Å². The van der Waals surface area contributed by atoms with Crippen molar-refractivity contribution in [2.45, 2.75) is 18.1 Å². The standard InChI is InChI=1S/C19H23NS/c1-3-9-17(10-4-1)19(18-11-5-2-6-12-18)21-16-15-20-13-7-8-14-20/h1-6,9-12,19H,7-8,13-16H2. The predicted molar refractivity (Wildman–Crippen MR) is 92.9 cm³/mol. The molecule has 0 unspecified atom stereocenters. The van der Waals surface area contributed by atoms with Gasteiger partial charge in [0, 0.05) is 12.3 Å². The summed E-state index contributed by atoms with van der Waals surface area (Å²) in [6, 6.07) is 21.8. The van der Waals surface area contributed by atoms with Gasteiger partial charge in [0.15, 0.2) is 0 Å². The molecule has 0 aliphatic carbocycles. The van der Waals surface area contributed by atoms with E-state index in [1.807, 2.05) is 0 Å². The van der Waals surface area contributed by atoms with Crippen LogP contribution in [0.5, 0.6) is 0 Å². The van der Waals surface area contributed by atoms with Gasteiger partial charge in [0.05, 0.1) is 5.25 Å².